The normalized spacial score (nSPS) is 10.3. The first kappa shape index (κ1) is 14.9. The van der Waals surface area contributed by atoms with E-state index in [2.05, 4.69) is 30.7 Å². The maximum absolute atomic E-state index is 11.9. The van der Waals surface area contributed by atoms with Crippen molar-refractivity contribution in [1.29, 1.82) is 0 Å². The largest absolute Gasteiger partial charge is 0.334 e. The molecule has 0 aliphatic carbocycles. The smallest absolute Gasteiger partial charge is 0.320 e. The lowest BCUT2D eigenvalue weighted by Gasteiger charge is -2.08. The van der Waals surface area contributed by atoms with Gasteiger partial charge in [-0.15, -0.1) is 0 Å². The van der Waals surface area contributed by atoms with Crippen molar-refractivity contribution >= 4 is 23.4 Å². The van der Waals surface area contributed by atoms with Crippen LogP contribution in [0.1, 0.15) is 5.56 Å². The van der Waals surface area contributed by atoms with Crippen molar-refractivity contribution in [2.45, 2.75) is 6.54 Å². The van der Waals surface area contributed by atoms with Crippen LogP contribution in [0, 0.1) is 0 Å². The first-order valence-corrected chi connectivity index (χ1v) is 7.05. The molecular formula is C14H12ClN7O. The zero-order chi connectivity index (χ0) is 16.1. The molecule has 116 valence electrons. The van der Waals surface area contributed by atoms with Gasteiger partial charge in [-0.3, -0.25) is 5.32 Å². The summed E-state index contributed by atoms with van der Waals surface area (Å²) in [7, 11) is 0. The summed E-state index contributed by atoms with van der Waals surface area (Å²) in [5.74, 6) is 0.865. The Hall–Kier alpha value is -3.00. The van der Waals surface area contributed by atoms with Gasteiger partial charge in [-0.2, -0.15) is 5.10 Å². The first-order chi connectivity index (χ1) is 11.2. The minimum atomic E-state index is -0.372. The van der Waals surface area contributed by atoms with Gasteiger partial charge in [-0.1, -0.05) is 23.7 Å². The maximum atomic E-state index is 11.9. The van der Waals surface area contributed by atoms with Crippen LogP contribution in [0.4, 0.5) is 10.6 Å². The Kier molecular flexibility index (Phi) is 4.44. The quantitative estimate of drug-likeness (QED) is 0.763. The fourth-order valence-electron chi connectivity index (χ4n) is 1.81. The van der Waals surface area contributed by atoms with Crippen LogP contribution < -0.4 is 10.6 Å². The minimum Gasteiger partial charge on any atom is -0.334 e. The fraction of sp³-hybridized carbons (Fsp3) is 0.0714. The number of nitrogens with zero attached hydrogens (tertiary/aromatic N) is 5. The lowest BCUT2D eigenvalue weighted by atomic mass is 10.2. The van der Waals surface area contributed by atoms with Crippen molar-refractivity contribution in [2.75, 3.05) is 5.32 Å². The highest BCUT2D eigenvalue weighted by atomic mass is 35.5. The lowest BCUT2D eigenvalue weighted by molar-refractivity contribution is 0.251. The number of carbonyl (C=O) groups excluding carboxylic acids is 1. The van der Waals surface area contributed by atoms with Crippen LogP contribution >= 0.6 is 11.6 Å². The van der Waals surface area contributed by atoms with Crippen LogP contribution in [0.25, 0.3) is 5.82 Å². The van der Waals surface area contributed by atoms with E-state index in [-0.39, 0.29) is 6.03 Å². The van der Waals surface area contributed by atoms with Crippen molar-refractivity contribution in [3.63, 3.8) is 0 Å². The molecule has 2 amide bonds. The van der Waals surface area contributed by atoms with Crippen molar-refractivity contribution in [1.82, 2.24) is 30.0 Å². The summed E-state index contributed by atoms with van der Waals surface area (Å²) in [6, 6.07) is 8.45. The molecule has 0 unspecified atom stereocenters. The van der Waals surface area contributed by atoms with Gasteiger partial charge in [0.15, 0.2) is 5.82 Å². The molecule has 23 heavy (non-hydrogen) atoms. The number of nitrogens with one attached hydrogen (secondary N) is 2. The highest BCUT2D eigenvalue weighted by molar-refractivity contribution is 6.30. The molecule has 8 nitrogen and oxygen atoms in total. The average molecular weight is 330 g/mol. The van der Waals surface area contributed by atoms with Crippen molar-refractivity contribution < 1.29 is 4.79 Å². The van der Waals surface area contributed by atoms with Crippen molar-refractivity contribution in [3.05, 3.63) is 59.9 Å². The zero-order valence-corrected chi connectivity index (χ0v) is 12.6. The second-order valence-electron chi connectivity index (χ2n) is 4.54. The van der Waals surface area contributed by atoms with E-state index in [1.807, 2.05) is 12.1 Å². The summed E-state index contributed by atoms with van der Waals surface area (Å²) in [5.41, 5.74) is 0.940. The average Bonchev–Trinajstić information content (AvgIpc) is 3.09. The Balaban J connectivity index is 1.59. The number of urea groups is 1. The third-order valence-electron chi connectivity index (χ3n) is 2.91. The van der Waals surface area contributed by atoms with Crippen LogP contribution in [0.5, 0.6) is 0 Å². The molecule has 0 bridgehead atoms. The van der Waals surface area contributed by atoms with Crippen LogP contribution in [0.2, 0.25) is 5.02 Å². The van der Waals surface area contributed by atoms with Crippen LogP contribution in [0.15, 0.2) is 49.3 Å². The van der Waals surface area contributed by atoms with Gasteiger partial charge in [0.25, 0.3) is 0 Å². The van der Waals surface area contributed by atoms with Crippen LogP contribution in [-0.4, -0.2) is 30.8 Å². The molecule has 2 N–H and O–H groups in total. The predicted octanol–water partition coefficient (Wildman–Crippen LogP) is 2.03. The molecule has 3 aromatic rings. The Labute approximate surface area is 136 Å². The van der Waals surface area contributed by atoms with Gasteiger partial charge in [0.2, 0.25) is 0 Å². The molecule has 2 aromatic heterocycles. The topological polar surface area (TPSA) is 97.6 Å². The molecular weight excluding hydrogens is 318 g/mol. The van der Waals surface area contributed by atoms with E-state index in [9.17, 15) is 4.79 Å². The molecule has 2 heterocycles. The maximum Gasteiger partial charge on any atom is 0.320 e. The Morgan fingerprint density at radius 3 is 2.74 bits per heavy atom. The minimum absolute atomic E-state index is 0.360. The summed E-state index contributed by atoms with van der Waals surface area (Å²) in [6.45, 7) is 0.379. The molecule has 1 aromatic carbocycles. The number of amides is 2. The molecule has 0 fully saturated rings. The predicted molar refractivity (Wildman–Crippen MR) is 84.3 cm³/mol. The molecule has 3 rings (SSSR count). The summed E-state index contributed by atoms with van der Waals surface area (Å²) in [4.78, 5) is 23.8. The number of aromatic nitrogens is 5. The monoisotopic (exact) mass is 329 g/mol. The summed E-state index contributed by atoms with van der Waals surface area (Å²) >= 11 is 5.81. The fourth-order valence-corrected chi connectivity index (χ4v) is 1.94. The second-order valence-corrected chi connectivity index (χ2v) is 4.97. The lowest BCUT2D eigenvalue weighted by Crippen LogP contribution is -2.28. The summed E-state index contributed by atoms with van der Waals surface area (Å²) in [6.07, 6.45) is 4.24. The molecule has 0 atom stereocenters. The number of halogens is 1. The van der Waals surface area contributed by atoms with E-state index < -0.39 is 0 Å². The Morgan fingerprint density at radius 2 is 2.00 bits per heavy atom. The summed E-state index contributed by atoms with van der Waals surface area (Å²) < 4.78 is 1.47. The molecule has 0 radical (unpaired) electrons. The van der Waals surface area contributed by atoms with E-state index in [1.54, 1.807) is 18.2 Å². The molecule has 0 saturated carbocycles. The number of hydrogen-bond donors (Lipinski definition) is 2. The number of rotatable bonds is 4. The number of carbonyl (C=O) groups is 1. The number of anilines is 1. The Morgan fingerprint density at radius 1 is 1.17 bits per heavy atom. The molecule has 9 heteroatoms. The van der Waals surface area contributed by atoms with Gasteiger partial charge in [-0.05, 0) is 17.7 Å². The van der Waals surface area contributed by atoms with Gasteiger partial charge in [0, 0.05) is 17.6 Å². The standard InChI is InChI=1S/C14H12ClN7O/c15-11-3-1-10(2-4-11)6-17-14(23)21-12-5-13(19-8-18-12)22-9-16-7-20-22/h1-5,7-9H,6H2,(H2,17,18,19,21,23). The third kappa shape index (κ3) is 4.01. The van der Waals surface area contributed by atoms with E-state index in [1.165, 1.54) is 23.7 Å². The van der Waals surface area contributed by atoms with E-state index in [0.717, 1.165) is 5.56 Å². The van der Waals surface area contributed by atoms with Gasteiger partial charge in [0.1, 0.15) is 24.8 Å². The Bertz CT molecular complexity index is 789. The van der Waals surface area contributed by atoms with Gasteiger partial charge in [0.05, 0.1) is 0 Å². The highest BCUT2D eigenvalue weighted by Crippen LogP contribution is 2.10. The van der Waals surface area contributed by atoms with Gasteiger partial charge in [-0.25, -0.2) is 24.4 Å². The van der Waals surface area contributed by atoms with Gasteiger partial charge >= 0.3 is 6.03 Å². The third-order valence-corrected chi connectivity index (χ3v) is 3.17. The molecule has 0 saturated heterocycles. The SMILES string of the molecule is O=C(NCc1ccc(Cl)cc1)Nc1cc(-n2cncn2)ncn1. The number of hydrogen-bond acceptors (Lipinski definition) is 5. The highest BCUT2D eigenvalue weighted by Gasteiger charge is 2.06. The molecule has 0 aliphatic heterocycles. The van der Waals surface area contributed by atoms with Crippen molar-refractivity contribution in [2.24, 2.45) is 0 Å². The van der Waals surface area contributed by atoms with E-state index >= 15 is 0 Å². The summed E-state index contributed by atoms with van der Waals surface area (Å²) in [5, 5.41) is 9.99. The van der Waals surface area contributed by atoms with Gasteiger partial charge < -0.3 is 5.32 Å². The van der Waals surface area contributed by atoms with Crippen molar-refractivity contribution in [3.8, 4) is 5.82 Å². The second kappa shape index (κ2) is 6.84. The first-order valence-electron chi connectivity index (χ1n) is 6.67. The zero-order valence-electron chi connectivity index (χ0n) is 11.8. The van der Waals surface area contributed by atoms with E-state index in [0.29, 0.717) is 23.2 Å². The number of benzene rings is 1. The molecule has 0 spiro atoms. The van der Waals surface area contributed by atoms with Crippen LogP contribution in [-0.2, 0) is 6.54 Å². The molecule has 0 aliphatic rings. The van der Waals surface area contributed by atoms with Crippen LogP contribution in [0.3, 0.4) is 0 Å². The van der Waals surface area contributed by atoms with E-state index in [4.69, 9.17) is 11.6 Å².